The topological polar surface area (TPSA) is 49.6 Å². The first-order valence-electron chi connectivity index (χ1n) is 6.47. The van der Waals surface area contributed by atoms with E-state index in [9.17, 15) is 4.79 Å². The van der Waals surface area contributed by atoms with Crippen LogP contribution in [0.25, 0.3) is 0 Å². The van der Waals surface area contributed by atoms with Crippen LogP contribution in [0.2, 0.25) is 0 Å². The zero-order valence-electron chi connectivity index (χ0n) is 11.1. The summed E-state index contributed by atoms with van der Waals surface area (Å²) in [4.78, 5) is 15.0. The number of benzene rings is 1. The molecule has 4 nitrogen and oxygen atoms in total. The van der Waals surface area contributed by atoms with E-state index in [0.717, 1.165) is 13.1 Å². The van der Waals surface area contributed by atoms with Gasteiger partial charge in [0.1, 0.15) is 0 Å². The van der Waals surface area contributed by atoms with Gasteiger partial charge in [-0.3, -0.25) is 0 Å². The zero-order chi connectivity index (χ0) is 13.1. The second kappa shape index (κ2) is 5.29. The fourth-order valence-corrected chi connectivity index (χ4v) is 2.26. The second-order valence-electron chi connectivity index (χ2n) is 5.06. The van der Waals surface area contributed by atoms with Crippen LogP contribution in [0, 0.1) is 0 Å². The Bertz CT molecular complexity index is 406. The molecular formula is C14H21N3O. The summed E-state index contributed by atoms with van der Waals surface area (Å²) in [7, 11) is 0. The highest BCUT2D eigenvalue weighted by Crippen LogP contribution is 2.21. The SMILES string of the molecule is CC(C)c1ccc(N2CCN(C(N)=O)CC2)cc1. The molecule has 1 heterocycles. The predicted molar refractivity (Wildman–Crippen MR) is 73.9 cm³/mol. The highest BCUT2D eigenvalue weighted by molar-refractivity contribution is 5.72. The van der Waals surface area contributed by atoms with Crippen molar-refractivity contribution in [2.24, 2.45) is 5.73 Å². The molecule has 0 radical (unpaired) electrons. The highest BCUT2D eigenvalue weighted by Gasteiger charge is 2.19. The number of nitrogens with two attached hydrogens (primary N) is 1. The minimum absolute atomic E-state index is 0.315. The van der Waals surface area contributed by atoms with Crippen LogP contribution < -0.4 is 10.6 Å². The maximum absolute atomic E-state index is 11.0. The fraction of sp³-hybridized carbons (Fsp3) is 0.500. The third-order valence-electron chi connectivity index (χ3n) is 3.52. The molecule has 1 fully saturated rings. The molecule has 1 aliphatic heterocycles. The normalized spacial score (nSPS) is 16.2. The Kier molecular flexibility index (Phi) is 3.75. The van der Waals surface area contributed by atoms with Gasteiger partial charge in [0.05, 0.1) is 0 Å². The van der Waals surface area contributed by atoms with E-state index in [1.165, 1.54) is 11.3 Å². The van der Waals surface area contributed by atoms with Gasteiger partial charge in [-0.25, -0.2) is 4.79 Å². The summed E-state index contributed by atoms with van der Waals surface area (Å²) in [5.74, 6) is 0.561. The maximum Gasteiger partial charge on any atom is 0.314 e. The minimum atomic E-state index is -0.315. The molecule has 0 atom stereocenters. The van der Waals surface area contributed by atoms with Crippen LogP contribution in [0.5, 0.6) is 0 Å². The van der Waals surface area contributed by atoms with Crippen LogP contribution in [0.1, 0.15) is 25.3 Å². The lowest BCUT2D eigenvalue weighted by Gasteiger charge is -2.35. The standard InChI is InChI=1S/C14H21N3O/c1-11(2)12-3-5-13(6-4-12)16-7-9-17(10-8-16)14(15)18/h3-6,11H,7-10H2,1-2H3,(H2,15,18). The molecule has 18 heavy (non-hydrogen) atoms. The Balaban J connectivity index is 1.99. The smallest absolute Gasteiger partial charge is 0.314 e. The monoisotopic (exact) mass is 247 g/mol. The van der Waals surface area contributed by atoms with Crippen LogP contribution in [0.15, 0.2) is 24.3 Å². The van der Waals surface area contributed by atoms with Crippen molar-refractivity contribution >= 4 is 11.7 Å². The first-order chi connectivity index (χ1) is 8.58. The number of anilines is 1. The van der Waals surface area contributed by atoms with Gasteiger partial charge >= 0.3 is 6.03 Å². The Morgan fingerprint density at radius 3 is 2.11 bits per heavy atom. The first-order valence-corrected chi connectivity index (χ1v) is 6.47. The van der Waals surface area contributed by atoms with Gasteiger partial charge in [-0.2, -0.15) is 0 Å². The molecule has 0 spiro atoms. The number of carbonyl (C=O) groups excluding carboxylic acids is 1. The van der Waals surface area contributed by atoms with Gasteiger partial charge in [-0.05, 0) is 23.6 Å². The Labute approximate surface area is 108 Å². The summed E-state index contributed by atoms with van der Waals surface area (Å²) in [6, 6.07) is 8.37. The van der Waals surface area contributed by atoms with Crippen LogP contribution in [0.3, 0.4) is 0 Å². The molecule has 1 aromatic carbocycles. The minimum Gasteiger partial charge on any atom is -0.368 e. The molecule has 0 aliphatic carbocycles. The van der Waals surface area contributed by atoms with Crippen LogP contribution in [-0.4, -0.2) is 37.1 Å². The number of nitrogens with zero attached hydrogens (tertiary/aromatic N) is 2. The van der Waals surface area contributed by atoms with Gasteiger partial charge in [0.2, 0.25) is 0 Å². The molecule has 2 amide bonds. The first kappa shape index (κ1) is 12.7. The number of primary amides is 1. The number of rotatable bonds is 2. The number of hydrogen-bond acceptors (Lipinski definition) is 2. The molecule has 1 aromatic rings. The van der Waals surface area contributed by atoms with Crippen molar-refractivity contribution in [3.05, 3.63) is 29.8 Å². The molecule has 2 N–H and O–H groups in total. The highest BCUT2D eigenvalue weighted by atomic mass is 16.2. The van der Waals surface area contributed by atoms with Crippen molar-refractivity contribution in [3.8, 4) is 0 Å². The molecule has 0 saturated carbocycles. The molecule has 0 bridgehead atoms. The Morgan fingerprint density at radius 2 is 1.67 bits per heavy atom. The van der Waals surface area contributed by atoms with Crippen molar-refractivity contribution in [1.29, 1.82) is 0 Å². The lowest BCUT2D eigenvalue weighted by atomic mass is 10.0. The molecule has 1 aliphatic rings. The number of hydrogen-bond donors (Lipinski definition) is 1. The number of urea groups is 1. The summed E-state index contributed by atoms with van der Waals surface area (Å²) >= 11 is 0. The van der Waals surface area contributed by atoms with E-state index in [1.807, 2.05) is 0 Å². The lowest BCUT2D eigenvalue weighted by Crippen LogP contribution is -2.50. The van der Waals surface area contributed by atoms with Crippen LogP contribution in [-0.2, 0) is 0 Å². The lowest BCUT2D eigenvalue weighted by molar-refractivity contribution is 0.204. The van der Waals surface area contributed by atoms with E-state index >= 15 is 0 Å². The number of piperazine rings is 1. The van der Waals surface area contributed by atoms with E-state index in [-0.39, 0.29) is 6.03 Å². The van der Waals surface area contributed by atoms with Gasteiger partial charge in [-0.1, -0.05) is 26.0 Å². The largest absolute Gasteiger partial charge is 0.368 e. The van der Waals surface area contributed by atoms with Gasteiger partial charge in [0.25, 0.3) is 0 Å². The zero-order valence-corrected chi connectivity index (χ0v) is 11.1. The summed E-state index contributed by atoms with van der Waals surface area (Å²) < 4.78 is 0. The maximum atomic E-state index is 11.0. The van der Waals surface area contributed by atoms with Crippen molar-refractivity contribution in [2.75, 3.05) is 31.1 Å². The fourth-order valence-electron chi connectivity index (χ4n) is 2.26. The van der Waals surface area contributed by atoms with E-state index in [1.54, 1.807) is 4.90 Å². The summed E-state index contributed by atoms with van der Waals surface area (Å²) in [5.41, 5.74) is 7.85. The van der Waals surface area contributed by atoms with Gasteiger partial charge in [0, 0.05) is 31.9 Å². The van der Waals surface area contributed by atoms with E-state index < -0.39 is 0 Å². The van der Waals surface area contributed by atoms with Crippen LogP contribution in [0.4, 0.5) is 10.5 Å². The van der Waals surface area contributed by atoms with Crippen molar-refractivity contribution in [1.82, 2.24) is 4.90 Å². The Morgan fingerprint density at radius 1 is 1.11 bits per heavy atom. The third-order valence-corrected chi connectivity index (χ3v) is 3.52. The average Bonchev–Trinajstić information content (AvgIpc) is 2.39. The predicted octanol–water partition coefficient (Wildman–Crippen LogP) is 2.01. The second-order valence-corrected chi connectivity index (χ2v) is 5.06. The Hall–Kier alpha value is -1.71. The molecular weight excluding hydrogens is 226 g/mol. The van der Waals surface area contributed by atoms with E-state index in [2.05, 4.69) is 43.0 Å². The molecule has 98 valence electrons. The van der Waals surface area contributed by atoms with Crippen molar-refractivity contribution < 1.29 is 4.79 Å². The number of carbonyl (C=O) groups is 1. The van der Waals surface area contributed by atoms with Crippen molar-refractivity contribution in [2.45, 2.75) is 19.8 Å². The molecule has 4 heteroatoms. The molecule has 2 rings (SSSR count). The van der Waals surface area contributed by atoms with E-state index in [4.69, 9.17) is 5.73 Å². The molecule has 1 saturated heterocycles. The average molecular weight is 247 g/mol. The van der Waals surface area contributed by atoms with Crippen molar-refractivity contribution in [3.63, 3.8) is 0 Å². The quantitative estimate of drug-likeness (QED) is 0.869. The molecule has 0 unspecified atom stereocenters. The summed E-state index contributed by atoms with van der Waals surface area (Å²) in [5, 5.41) is 0. The van der Waals surface area contributed by atoms with E-state index in [0.29, 0.717) is 19.0 Å². The van der Waals surface area contributed by atoms with Gasteiger partial charge < -0.3 is 15.5 Å². The number of amides is 2. The van der Waals surface area contributed by atoms with Gasteiger partial charge in [0.15, 0.2) is 0 Å². The summed E-state index contributed by atoms with van der Waals surface area (Å²) in [6.07, 6.45) is 0. The van der Waals surface area contributed by atoms with Gasteiger partial charge in [-0.15, -0.1) is 0 Å². The summed E-state index contributed by atoms with van der Waals surface area (Å²) in [6.45, 7) is 7.51. The third kappa shape index (κ3) is 2.75. The molecule has 0 aromatic heterocycles. The van der Waals surface area contributed by atoms with Crippen LogP contribution >= 0.6 is 0 Å².